The summed E-state index contributed by atoms with van der Waals surface area (Å²) in [5.41, 5.74) is 10.6. The Morgan fingerprint density at radius 3 is 2.40 bits per heavy atom. The lowest BCUT2D eigenvalue weighted by atomic mass is 9.98. The van der Waals surface area contributed by atoms with Gasteiger partial charge in [-0.05, 0) is 61.1 Å². The first-order chi connectivity index (χ1) is 17.1. The van der Waals surface area contributed by atoms with Crippen LogP contribution in [-0.2, 0) is 13.0 Å². The molecule has 0 spiro atoms. The van der Waals surface area contributed by atoms with Gasteiger partial charge in [0.2, 0.25) is 0 Å². The Kier molecular flexibility index (Phi) is 5.71. The molecule has 1 N–H and O–H groups in total. The molecule has 6 rings (SSSR count). The summed E-state index contributed by atoms with van der Waals surface area (Å²) in [4.78, 5) is 0.725. The summed E-state index contributed by atoms with van der Waals surface area (Å²) >= 11 is 12.4. The quantitative estimate of drug-likeness (QED) is 0.254. The van der Waals surface area contributed by atoms with Crippen LogP contribution < -0.4 is 5.32 Å². The van der Waals surface area contributed by atoms with Gasteiger partial charge in [-0.15, -0.1) is 0 Å². The number of para-hydroxylation sites is 1. The van der Waals surface area contributed by atoms with Crippen LogP contribution in [0, 0.1) is 6.92 Å². The standard InChI is InChI=1S/C30H26ClN3S/c1-20-9-5-6-13-25(20)32-29(35)28-27(22-14-16-23(31)17-15-22)24-12-7-8-18-33-26(19-34(28)30(24)33)21-10-3-2-4-11-21/h2-6,9-11,13-17,19H,7-8,12,18H2,1H3,(H,32,35). The molecule has 174 valence electrons. The number of rotatable bonds is 4. The topological polar surface area (TPSA) is 21.4 Å². The molecule has 0 unspecified atom stereocenters. The molecule has 0 radical (unpaired) electrons. The molecule has 1 aliphatic heterocycles. The number of nitrogens with zero attached hydrogens (tertiary/aromatic N) is 2. The third-order valence-corrected chi connectivity index (χ3v) is 7.49. The molecule has 5 aromatic rings. The van der Waals surface area contributed by atoms with E-state index in [4.69, 9.17) is 23.8 Å². The molecule has 3 heterocycles. The fourth-order valence-electron chi connectivity index (χ4n) is 5.27. The van der Waals surface area contributed by atoms with Gasteiger partial charge in [0.25, 0.3) is 0 Å². The van der Waals surface area contributed by atoms with Gasteiger partial charge in [-0.3, -0.25) is 4.40 Å². The number of imidazole rings is 1. The molecule has 0 amide bonds. The van der Waals surface area contributed by atoms with Gasteiger partial charge in [0, 0.05) is 34.6 Å². The molecule has 35 heavy (non-hydrogen) atoms. The lowest BCUT2D eigenvalue weighted by molar-refractivity contribution is 0.647. The maximum atomic E-state index is 6.26. The monoisotopic (exact) mass is 495 g/mol. The minimum atomic E-state index is 0.725. The first-order valence-electron chi connectivity index (χ1n) is 12.1. The summed E-state index contributed by atoms with van der Waals surface area (Å²) in [6, 6.07) is 27.1. The molecule has 2 aromatic heterocycles. The number of hydrogen-bond donors (Lipinski definition) is 1. The van der Waals surface area contributed by atoms with E-state index in [0.717, 1.165) is 52.8 Å². The Bertz CT molecular complexity index is 1540. The minimum absolute atomic E-state index is 0.725. The van der Waals surface area contributed by atoms with Gasteiger partial charge >= 0.3 is 0 Å². The zero-order valence-electron chi connectivity index (χ0n) is 19.6. The lowest BCUT2D eigenvalue weighted by Gasteiger charge is -2.13. The Morgan fingerprint density at radius 1 is 0.886 bits per heavy atom. The van der Waals surface area contributed by atoms with Crippen LogP contribution in [0.1, 0.15) is 29.7 Å². The number of anilines is 1. The third kappa shape index (κ3) is 3.87. The number of aromatic nitrogens is 2. The molecule has 0 fully saturated rings. The van der Waals surface area contributed by atoms with E-state index >= 15 is 0 Å². The predicted octanol–water partition coefficient (Wildman–Crippen LogP) is 8.16. The Balaban J connectivity index is 1.62. The maximum absolute atomic E-state index is 6.26. The fraction of sp³-hybridized carbons (Fsp3) is 0.167. The van der Waals surface area contributed by atoms with Gasteiger partial charge in [-0.1, -0.05) is 84.5 Å². The van der Waals surface area contributed by atoms with Crippen molar-refractivity contribution in [2.45, 2.75) is 32.7 Å². The molecule has 0 aliphatic carbocycles. The third-order valence-electron chi connectivity index (χ3n) is 6.94. The van der Waals surface area contributed by atoms with Crippen molar-refractivity contribution in [1.29, 1.82) is 0 Å². The first-order valence-corrected chi connectivity index (χ1v) is 12.8. The number of thiocarbonyl (C=S) groups is 1. The van der Waals surface area contributed by atoms with Gasteiger partial charge in [0.05, 0.1) is 11.4 Å². The van der Waals surface area contributed by atoms with Crippen LogP contribution in [0.2, 0.25) is 5.02 Å². The van der Waals surface area contributed by atoms with E-state index in [0.29, 0.717) is 0 Å². The van der Waals surface area contributed by atoms with Crippen molar-refractivity contribution in [2.24, 2.45) is 0 Å². The van der Waals surface area contributed by atoms with E-state index in [1.165, 1.54) is 33.6 Å². The van der Waals surface area contributed by atoms with Crippen molar-refractivity contribution in [3.63, 3.8) is 0 Å². The van der Waals surface area contributed by atoms with Crippen molar-refractivity contribution >= 4 is 40.1 Å². The van der Waals surface area contributed by atoms with Gasteiger partial charge in [-0.2, -0.15) is 0 Å². The SMILES string of the molecule is Cc1ccccc1NC(=S)c1c(-c2ccc(Cl)cc2)c2c3n(c(-c4ccccc4)cn13)CCCC2. The highest BCUT2D eigenvalue weighted by Gasteiger charge is 2.28. The molecule has 5 heteroatoms. The van der Waals surface area contributed by atoms with Gasteiger partial charge < -0.3 is 9.88 Å². The Hall–Kier alpha value is -3.34. The normalized spacial score (nSPS) is 13.1. The molecular formula is C30H26ClN3S. The summed E-state index contributed by atoms with van der Waals surface area (Å²) in [6.45, 7) is 3.10. The number of hydrogen-bond acceptors (Lipinski definition) is 1. The van der Waals surface area contributed by atoms with Crippen LogP contribution >= 0.6 is 23.8 Å². The van der Waals surface area contributed by atoms with Gasteiger partial charge in [0.1, 0.15) is 10.6 Å². The highest BCUT2D eigenvalue weighted by Crippen LogP contribution is 2.40. The second kappa shape index (κ2) is 9.03. The number of halogens is 1. The minimum Gasteiger partial charge on any atom is -0.345 e. The van der Waals surface area contributed by atoms with Crippen molar-refractivity contribution in [2.75, 3.05) is 5.32 Å². The number of benzene rings is 3. The van der Waals surface area contributed by atoms with E-state index in [2.05, 4.69) is 88.1 Å². The van der Waals surface area contributed by atoms with Crippen LogP contribution in [0.25, 0.3) is 28.0 Å². The predicted molar refractivity (Wildman–Crippen MR) is 151 cm³/mol. The summed E-state index contributed by atoms with van der Waals surface area (Å²) < 4.78 is 4.80. The summed E-state index contributed by atoms with van der Waals surface area (Å²) in [7, 11) is 0. The second-order valence-corrected chi connectivity index (χ2v) is 10.0. The van der Waals surface area contributed by atoms with Crippen LogP contribution in [0.15, 0.2) is 85.1 Å². The average Bonchev–Trinajstić information content (AvgIpc) is 3.29. The molecule has 3 aromatic carbocycles. The van der Waals surface area contributed by atoms with Crippen LogP contribution in [-0.4, -0.2) is 14.0 Å². The molecule has 3 nitrogen and oxygen atoms in total. The Labute approximate surface area is 216 Å². The zero-order chi connectivity index (χ0) is 23.9. The number of aryl methyl sites for hydroxylation is 3. The highest BCUT2D eigenvalue weighted by atomic mass is 35.5. The van der Waals surface area contributed by atoms with Gasteiger partial charge in [0.15, 0.2) is 0 Å². The van der Waals surface area contributed by atoms with Crippen molar-refractivity contribution < 1.29 is 0 Å². The average molecular weight is 496 g/mol. The van der Waals surface area contributed by atoms with E-state index in [9.17, 15) is 0 Å². The van der Waals surface area contributed by atoms with E-state index in [1.807, 2.05) is 18.2 Å². The van der Waals surface area contributed by atoms with Crippen LogP contribution in [0.5, 0.6) is 0 Å². The van der Waals surface area contributed by atoms with Crippen LogP contribution in [0.3, 0.4) is 0 Å². The highest BCUT2D eigenvalue weighted by molar-refractivity contribution is 7.81. The van der Waals surface area contributed by atoms with Crippen molar-refractivity contribution in [3.05, 3.63) is 107 Å². The fourth-order valence-corrected chi connectivity index (χ4v) is 5.71. The molecule has 0 bridgehead atoms. The van der Waals surface area contributed by atoms with E-state index in [-0.39, 0.29) is 0 Å². The molecular weight excluding hydrogens is 470 g/mol. The zero-order valence-corrected chi connectivity index (χ0v) is 21.2. The molecule has 0 saturated heterocycles. The first kappa shape index (κ1) is 22.1. The molecule has 0 saturated carbocycles. The lowest BCUT2D eigenvalue weighted by Crippen LogP contribution is -2.14. The Morgan fingerprint density at radius 2 is 1.63 bits per heavy atom. The van der Waals surface area contributed by atoms with Gasteiger partial charge in [-0.25, -0.2) is 0 Å². The summed E-state index contributed by atoms with van der Waals surface area (Å²) in [5, 5.41) is 4.29. The largest absolute Gasteiger partial charge is 0.345 e. The summed E-state index contributed by atoms with van der Waals surface area (Å²) in [5.74, 6) is 0. The van der Waals surface area contributed by atoms with E-state index in [1.54, 1.807) is 0 Å². The summed E-state index contributed by atoms with van der Waals surface area (Å²) in [6.07, 6.45) is 5.58. The number of nitrogens with one attached hydrogen (secondary N) is 1. The second-order valence-electron chi connectivity index (χ2n) is 9.16. The molecule has 1 aliphatic rings. The molecule has 0 atom stereocenters. The smallest absolute Gasteiger partial charge is 0.128 e. The van der Waals surface area contributed by atoms with E-state index < -0.39 is 0 Å². The van der Waals surface area contributed by atoms with Crippen molar-refractivity contribution in [1.82, 2.24) is 8.97 Å². The maximum Gasteiger partial charge on any atom is 0.128 e. The van der Waals surface area contributed by atoms with Crippen LogP contribution in [0.4, 0.5) is 5.69 Å². The van der Waals surface area contributed by atoms with Crippen molar-refractivity contribution in [3.8, 4) is 22.4 Å².